The van der Waals surface area contributed by atoms with E-state index >= 15 is 0 Å². The van der Waals surface area contributed by atoms with Crippen LogP contribution in [0.2, 0.25) is 0 Å². The molecule has 0 radical (unpaired) electrons. The molecule has 88 valence electrons. The molecule has 0 amide bonds. The van der Waals surface area contributed by atoms with E-state index < -0.39 is 5.60 Å². The highest BCUT2D eigenvalue weighted by molar-refractivity contribution is 9.10. The molecule has 1 aliphatic rings. The van der Waals surface area contributed by atoms with E-state index in [1.807, 2.05) is 6.92 Å². The van der Waals surface area contributed by atoms with Crippen LogP contribution in [0.15, 0.2) is 22.7 Å². The van der Waals surface area contributed by atoms with Crippen LogP contribution in [0.4, 0.5) is 4.39 Å². The average molecular weight is 288 g/mol. The second-order valence-electron chi connectivity index (χ2n) is 4.71. The zero-order chi connectivity index (χ0) is 11.8. The first-order valence-electron chi connectivity index (χ1n) is 5.35. The van der Waals surface area contributed by atoms with Gasteiger partial charge in [-0.3, -0.25) is 4.90 Å². The van der Waals surface area contributed by atoms with Gasteiger partial charge < -0.3 is 5.11 Å². The average Bonchev–Trinajstić information content (AvgIpc) is 2.52. The van der Waals surface area contributed by atoms with Crippen molar-refractivity contribution in [1.29, 1.82) is 0 Å². The van der Waals surface area contributed by atoms with Gasteiger partial charge in [0, 0.05) is 19.6 Å². The first-order valence-corrected chi connectivity index (χ1v) is 6.14. The Morgan fingerprint density at radius 1 is 1.56 bits per heavy atom. The van der Waals surface area contributed by atoms with Gasteiger partial charge in [-0.15, -0.1) is 0 Å². The lowest BCUT2D eigenvalue weighted by Crippen LogP contribution is -2.29. The number of nitrogens with zero attached hydrogens (tertiary/aromatic N) is 1. The van der Waals surface area contributed by atoms with Crippen molar-refractivity contribution in [3.63, 3.8) is 0 Å². The van der Waals surface area contributed by atoms with Gasteiger partial charge in [-0.05, 0) is 47.0 Å². The molecule has 1 atom stereocenters. The second-order valence-corrected chi connectivity index (χ2v) is 5.56. The minimum absolute atomic E-state index is 0.239. The number of rotatable bonds is 2. The predicted molar refractivity (Wildman–Crippen MR) is 64.6 cm³/mol. The van der Waals surface area contributed by atoms with Gasteiger partial charge in [0.2, 0.25) is 0 Å². The molecule has 1 unspecified atom stereocenters. The van der Waals surface area contributed by atoms with Crippen molar-refractivity contribution in [3.8, 4) is 0 Å². The molecule has 2 rings (SSSR count). The molecule has 1 saturated heterocycles. The lowest BCUT2D eigenvalue weighted by Gasteiger charge is -2.18. The van der Waals surface area contributed by atoms with Crippen LogP contribution in [0.3, 0.4) is 0 Å². The Balaban J connectivity index is 2.02. The smallest absolute Gasteiger partial charge is 0.137 e. The van der Waals surface area contributed by atoms with Crippen LogP contribution in [-0.4, -0.2) is 28.7 Å². The van der Waals surface area contributed by atoms with E-state index in [1.165, 1.54) is 6.07 Å². The summed E-state index contributed by atoms with van der Waals surface area (Å²) in [4.78, 5) is 2.18. The third-order valence-electron chi connectivity index (χ3n) is 2.92. The van der Waals surface area contributed by atoms with Crippen LogP contribution in [0.1, 0.15) is 18.9 Å². The quantitative estimate of drug-likeness (QED) is 0.904. The van der Waals surface area contributed by atoms with E-state index in [9.17, 15) is 9.50 Å². The Hall–Kier alpha value is -0.450. The summed E-state index contributed by atoms with van der Waals surface area (Å²) in [7, 11) is 0. The van der Waals surface area contributed by atoms with Gasteiger partial charge in [-0.2, -0.15) is 0 Å². The topological polar surface area (TPSA) is 23.5 Å². The zero-order valence-electron chi connectivity index (χ0n) is 9.21. The molecule has 2 nitrogen and oxygen atoms in total. The molecule has 1 aromatic rings. The molecule has 0 aromatic heterocycles. The van der Waals surface area contributed by atoms with Crippen molar-refractivity contribution in [2.75, 3.05) is 13.1 Å². The molecular weight excluding hydrogens is 273 g/mol. The van der Waals surface area contributed by atoms with Crippen molar-refractivity contribution in [3.05, 3.63) is 34.1 Å². The lowest BCUT2D eigenvalue weighted by molar-refractivity contribution is 0.0679. The maximum atomic E-state index is 13.0. The molecule has 0 aliphatic carbocycles. The summed E-state index contributed by atoms with van der Waals surface area (Å²) in [5, 5.41) is 9.83. The van der Waals surface area contributed by atoms with Crippen molar-refractivity contribution < 1.29 is 9.50 Å². The fraction of sp³-hybridized carbons (Fsp3) is 0.500. The Kier molecular flexibility index (Phi) is 3.33. The minimum atomic E-state index is -0.572. The maximum absolute atomic E-state index is 13.0. The summed E-state index contributed by atoms with van der Waals surface area (Å²) in [6.07, 6.45) is 0.801. The van der Waals surface area contributed by atoms with Gasteiger partial charge in [0.25, 0.3) is 0 Å². The summed E-state index contributed by atoms with van der Waals surface area (Å²) in [5.74, 6) is -0.239. The van der Waals surface area contributed by atoms with Crippen LogP contribution in [0.5, 0.6) is 0 Å². The molecule has 4 heteroatoms. The van der Waals surface area contributed by atoms with E-state index in [4.69, 9.17) is 0 Å². The SMILES string of the molecule is CC1(O)CCN(Cc2ccc(F)c(Br)c2)C1. The number of halogens is 2. The number of hydrogen-bond donors (Lipinski definition) is 1. The number of hydrogen-bond acceptors (Lipinski definition) is 2. The first kappa shape index (κ1) is 12.0. The monoisotopic (exact) mass is 287 g/mol. The van der Waals surface area contributed by atoms with Crippen LogP contribution in [0, 0.1) is 5.82 Å². The van der Waals surface area contributed by atoms with Crippen LogP contribution in [0.25, 0.3) is 0 Å². The Labute approximate surface area is 103 Å². The number of aliphatic hydroxyl groups is 1. The lowest BCUT2D eigenvalue weighted by atomic mass is 10.1. The third-order valence-corrected chi connectivity index (χ3v) is 3.53. The first-order chi connectivity index (χ1) is 7.46. The Morgan fingerprint density at radius 2 is 2.31 bits per heavy atom. The summed E-state index contributed by atoms with van der Waals surface area (Å²) < 4.78 is 13.5. The van der Waals surface area contributed by atoms with Crippen molar-refractivity contribution in [1.82, 2.24) is 4.90 Å². The highest BCUT2D eigenvalue weighted by Crippen LogP contribution is 2.23. The third kappa shape index (κ3) is 2.81. The van der Waals surface area contributed by atoms with Crippen LogP contribution >= 0.6 is 15.9 Å². The zero-order valence-corrected chi connectivity index (χ0v) is 10.8. The molecule has 16 heavy (non-hydrogen) atoms. The van der Waals surface area contributed by atoms with E-state index in [2.05, 4.69) is 20.8 Å². The largest absolute Gasteiger partial charge is 0.389 e. The number of β-amino-alcohol motifs (C(OH)–C–C–N with tert-alkyl or cyclic N) is 1. The Bertz CT molecular complexity index is 395. The fourth-order valence-corrected chi connectivity index (χ4v) is 2.50. The molecule has 1 heterocycles. The summed E-state index contributed by atoms with van der Waals surface area (Å²) in [5.41, 5.74) is 0.489. The molecule has 0 saturated carbocycles. The van der Waals surface area contributed by atoms with E-state index in [1.54, 1.807) is 12.1 Å². The molecule has 1 aliphatic heterocycles. The summed E-state index contributed by atoms with van der Waals surface area (Å²) >= 11 is 3.17. The molecule has 0 bridgehead atoms. The van der Waals surface area contributed by atoms with E-state index in [-0.39, 0.29) is 5.82 Å². The Morgan fingerprint density at radius 3 is 2.88 bits per heavy atom. The molecular formula is C12H15BrFNO. The van der Waals surface area contributed by atoms with Gasteiger partial charge >= 0.3 is 0 Å². The standard InChI is InChI=1S/C12H15BrFNO/c1-12(16)4-5-15(8-12)7-9-2-3-11(14)10(13)6-9/h2-3,6,16H,4-5,7-8H2,1H3. The van der Waals surface area contributed by atoms with Gasteiger partial charge in [0.05, 0.1) is 10.1 Å². The van der Waals surface area contributed by atoms with Crippen LogP contribution < -0.4 is 0 Å². The predicted octanol–water partition coefficient (Wildman–Crippen LogP) is 2.54. The highest BCUT2D eigenvalue weighted by Gasteiger charge is 2.30. The summed E-state index contributed by atoms with van der Waals surface area (Å²) in [6.45, 7) is 4.19. The summed E-state index contributed by atoms with van der Waals surface area (Å²) in [6, 6.07) is 5.04. The van der Waals surface area contributed by atoms with Gasteiger partial charge in [-0.25, -0.2) is 4.39 Å². The minimum Gasteiger partial charge on any atom is -0.389 e. The van der Waals surface area contributed by atoms with Crippen molar-refractivity contribution in [2.24, 2.45) is 0 Å². The van der Waals surface area contributed by atoms with E-state index in [0.29, 0.717) is 11.0 Å². The molecule has 0 spiro atoms. The van der Waals surface area contributed by atoms with Crippen molar-refractivity contribution in [2.45, 2.75) is 25.5 Å². The number of likely N-dealkylation sites (tertiary alicyclic amines) is 1. The normalized spacial score (nSPS) is 26.2. The highest BCUT2D eigenvalue weighted by atomic mass is 79.9. The van der Waals surface area contributed by atoms with Gasteiger partial charge in [-0.1, -0.05) is 6.07 Å². The van der Waals surface area contributed by atoms with Gasteiger partial charge in [0.1, 0.15) is 5.82 Å². The maximum Gasteiger partial charge on any atom is 0.137 e. The van der Waals surface area contributed by atoms with Gasteiger partial charge in [0.15, 0.2) is 0 Å². The second kappa shape index (κ2) is 4.43. The molecule has 1 N–H and O–H groups in total. The van der Waals surface area contributed by atoms with Crippen LogP contribution in [-0.2, 0) is 6.54 Å². The number of benzene rings is 1. The molecule has 1 fully saturated rings. The van der Waals surface area contributed by atoms with Crippen molar-refractivity contribution >= 4 is 15.9 Å². The molecule has 1 aromatic carbocycles. The fourth-order valence-electron chi connectivity index (χ4n) is 2.07. The van der Waals surface area contributed by atoms with E-state index in [0.717, 1.165) is 25.1 Å².